The minimum atomic E-state index is -0.115. The van der Waals surface area contributed by atoms with E-state index >= 15 is 0 Å². The molecule has 3 heterocycles. The van der Waals surface area contributed by atoms with Crippen molar-refractivity contribution < 1.29 is 9.30 Å². The quantitative estimate of drug-likeness (QED) is 0.118. The van der Waals surface area contributed by atoms with Gasteiger partial charge in [0.05, 0.1) is 33.4 Å². The molecule has 0 N–H and O–H groups in total. The molecule has 0 spiro atoms. The van der Waals surface area contributed by atoms with Gasteiger partial charge in [0.1, 0.15) is 17.3 Å². The van der Waals surface area contributed by atoms with Crippen molar-refractivity contribution in [2.45, 2.75) is 142 Å². The van der Waals surface area contributed by atoms with Crippen molar-refractivity contribution in [3.05, 3.63) is 198 Å². The van der Waals surface area contributed by atoms with Gasteiger partial charge >= 0.3 is 0 Å². The topological polar surface area (TPSA) is 35.9 Å². The number of hydrogen-bond donors (Lipinski definition) is 0. The molecule has 2 aliphatic carbocycles. The highest BCUT2D eigenvalue weighted by Crippen LogP contribution is 2.53. The van der Waals surface area contributed by atoms with Crippen LogP contribution in [0.25, 0.3) is 72.3 Å². The van der Waals surface area contributed by atoms with E-state index in [9.17, 15) is 0 Å². The average molecular weight is 985 g/mol. The number of ether oxygens (including phenoxy) is 1. The molecule has 2 aliphatic rings. The second kappa shape index (κ2) is 16.6. The van der Waals surface area contributed by atoms with Gasteiger partial charge in [-0.2, -0.15) is 0 Å². The Labute approximate surface area is 444 Å². The standard InChI is InChI=1S/C70H72N4O/c1-65(2,3)46-32-33-71-63(38-46)74-59-23-16-15-22-51(59)52-29-28-50(40-62(52)74)75-49-21-19-20-48(39-49)72-43-73(61-25-18-17-24-60(61)72)64-53(44-26-30-55-57(34-44)69(11,12)41-67(55,7)8)36-47(66(4,5)6)37-54(64)45-27-31-56-58(35-45)70(13,14)42-68(56,9)10/h15-40H,41-42H2,1-14H3. The van der Waals surface area contributed by atoms with Gasteiger partial charge < -0.3 is 4.74 Å². The lowest BCUT2D eigenvalue weighted by Gasteiger charge is -2.27. The van der Waals surface area contributed by atoms with E-state index in [4.69, 9.17) is 9.72 Å². The molecule has 0 saturated heterocycles. The minimum Gasteiger partial charge on any atom is -0.458 e. The van der Waals surface area contributed by atoms with Crippen LogP contribution in [0.5, 0.6) is 11.5 Å². The molecule has 7 aromatic carbocycles. The van der Waals surface area contributed by atoms with Crippen LogP contribution in [0.2, 0.25) is 0 Å². The lowest BCUT2D eigenvalue weighted by atomic mass is 9.80. The summed E-state index contributed by atoms with van der Waals surface area (Å²) in [6, 6.07) is 56.2. The van der Waals surface area contributed by atoms with E-state index in [1.54, 1.807) is 0 Å². The van der Waals surface area contributed by atoms with Crippen LogP contribution in [0.1, 0.15) is 143 Å². The highest BCUT2D eigenvalue weighted by molar-refractivity contribution is 6.09. The van der Waals surface area contributed by atoms with Gasteiger partial charge in [0.2, 0.25) is 0 Å². The molecule has 378 valence electrons. The molecular formula is C70H72N4O. The Morgan fingerprint density at radius 1 is 0.493 bits per heavy atom. The van der Waals surface area contributed by atoms with E-state index in [-0.39, 0.29) is 32.5 Å². The number of hydrogen-bond acceptors (Lipinski definition) is 2. The SMILES string of the molecule is CC(C)(C)c1ccnc(-n2c3ccccc3c3ccc(Oc4cccc(-n5[c-][n+](-c6c(-c7ccc8c(c7)C(C)(C)CC8(C)C)cc(C(C)(C)C)cc6-c6ccc7c(c6)C(C)(C)CC7(C)C)c6ccccc65)c4)cc32)c1. The Balaban J connectivity index is 1.04. The Morgan fingerprint density at radius 3 is 1.68 bits per heavy atom. The zero-order valence-electron chi connectivity index (χ0n) is 46.6. The smallest absolute Gasteiger partial charge is 0.269 e. The van der Waals surface area contributed by atoms with Crippen molar-refractivity contribution in [1.82, 2.24) is 14.1 Å². The number of rotatable bonds is 7. The van der Waals surface area contributed by atoms with Crippen LogP contribution in [0, 0.1) is 6.33 Å². The summed E-state index contributed by atoms with van der Waals surface area (Å²) >= 11 is 0. The van der Waals surface area contributed by atoms with E-state index in [1.165, 1.54) is 61.0 Å². The summed E-state index contributed by atoms with van der Waals surface area (Å²) in [5, 5.41) is 2.33. The predicted octanol–water partition coefficient (Wildman–Crippen LogP) is 17.8. The van der Waals surface area contributed by atoms with Crippen molar-refractivity contribution in [3.8, 4) is 50.9 Å². The van der Waals surface area contributed by atoms with E-state index in [0.717, 1.165) is 69.0 Å². The fourth-order valence-corrected chi connectivity index (χ4v) is 13.6. The van der Waals surface area contributed by atoms with Crippen LogP contribution in [0.3, 0.4) is 0 Å². The summed E-state index contributed by atoms with van der Waals surface area (Å²) in [5.74, 6) is 2.38. The fourth-order valence-electron chi connectivity index (χ4n) is 13.6. The molecule has 5 heteroatoms. The van der Waals surface area contributed by atoms with Crippen LogP contribution < -0.4 is 9.30 Å². The largest absolute Gasteiger partial charge is 0.458 e. The van der Waals surface area contributed by atoms with Gasteiger partial charge in [-0.25, -0.2) is 4.98 Å². The first-order valence-corrected chi connectivity index (χ1v) is 27.1. The normalized spacial score (nSPS) is 16.5. The molecule has 10 aromatic rings. The van der Waals surface area contributed by atoms with Crippen LogP contribution in [0.4, 0.5) is 0 Å². The average Bonchev–Trinajstić information content (AvgIpc) is 4.03. The Morgan fingerprint density at radius 2 is 1.05 bits per heavy atom. The summed E-state index contributed by atoms with van der Waals surface area (Å²) in [5.41, 5.74) is 19.7. The molecular weight excluding hydrogens is 913 g/mol. The third-order valence-corrected chi connectivity index (χ3v) is 16.9. The van der Waals surface area contributed by atoms with Crippen molar-refractivity contribution in [2.75, 3.05) is 0 Å². The molecule has 0 amide bonds. The molecule has 75 heavy (non-hydrogen) atoms. The summed E-state index contributed by atoms with van der Waals surface area (Å²) in [7, 11) is 0. The zero-order chi connectivity index (χ0) is 52.8. The van der Waals surface area contributed by atoms with Crippen LogP contribution >= 0.6 is 0 Å². The van der Waals surface area contributed by atoms with Crippen LogP contribution in [0.15, 0.2) is 158 Å². The van der Waals surface area contributed by atoms with E-state index in [1.807, 2.05) is 12.3 Å². The first-order valence-electron chi connectivity index (χ1n) is 27.1. The van der Waals surface area contributed by atoms with Gasteiger partial charge in [0.15, 0.2) is 0 Å². The second-order valence-corrected chi connectivity index (χ2v) is 26.6. The molecule has 0 radical (unpaired) electrons. The molecule has 0 atom stereocenters. The highest BCUT2D eigenvalue weighted by Gasteiger charge is 2.43. The molecule has 0 aliphatic heterocycles. The van der Waals surface area contributed by atoms with Gasteiger partial charge in [0, 0.05) is 23.0 Å². The third-order valence-electron chi connectivity index (χ3n) is 16.9. The van der Waals surface area contributed by atoms with Gasteiger partial charge in [0.25, 0.3) is 6.33 Å². The van der Waals surface area contributed by atoms with Gasteiger partial charge in [-0.3, -0.25) is 13.7 Å². The van der Waals surface area contributed by atoms with Gasteiger partial charge in [-0.1, -0.05) is 194 Å². The van der Waals surface area contributed by atoms with E-state index < -0.39 is 0 Å². The van der Waals surface area contributed by atoms with Crippen molar-refractivity contribution >= 4 is 32.8 Å². The van der Waals surface area contributed by atoms with E-state index in [0.29, 0.717) is 0 Å². The highest BCUT2D eigenvalue weighted by atomic mass is 16.5. The molecule has 5 nitrogen and oxygen atoms in total. The Kier molecular flexibility index (Phi) is 10.8. The van der Waals surface area contributed by atoms with Crippen molar-refractivity contribution in [3.63, 3.8) is 0 Å². The minimum absolute atomic E-state index is 0.0209. The van der Waals surface area contributed by atoms with Crippen molar-refractivity contribution in [1.29, 1.82) is 0 Å². The maximum atomic E-state index is 6.88. The lowest BCUT2D eigenvalue weighted by molar-refractivity contribution is -0.571. The molecule has 0 fully saturated rings. The maximum Gasteiger partial charge on any atom is 0.269 e. The summed E-state index contributed by atoms with van der Waals surface area (Å²) < 4.78 is 13.7. The number of imidazole rings is 1. The van der Waals surface area contributed by atoms with Gasteiger partial charge in [-0.05, 0) is 149 Å². The number of aromatic nitrogens is 4. The zero-order valence-corrected chi connectivity index (χ0v) is 46.6. The van der Waals surface area contributed by atoms with Crippen molar-refractivity contribution in [2.24, 2.45) is 0 Å². The Hall–Kier alpha value is -7.24. The number of nitrogens with zero attached hydrogens (tertiary/aromatic N) is 4. The van der Waals surface area contributed by atoms with E-state index in [2.05, 4.69) is 263 Å². The summed E-state index contributed by atoms with van der Waals surface area (Å²) in [6.45, 7) is 33.1. The Bertz CT molecular complexity index is 3850. The van der Waals surface area contributed by atoms with Gasteiger partial charge in [-0.15, -0.1) is 0 Å². The van der Waals surface area contributed by atoms with Crippen LogP contribution in [-0.2, 0) is 32.5 Å². The molecule has 0 unspecified atom stereocenters. The molecule has 3 aromatic heterocycles. The number of fused-ring (bicyclic) bond motifs is 6. The second-order valence-electron chi connectivity index (χ2n) is 26.6. The molecule has 0 bridgehead atoms. The molecule has 0 saturated carbocycles. The molecule has 12 rings (SSSR count). The predicted molar refractivity (Wildman–Crippen MR) is 312 cm³/mol. The third kappa shape index (κ3) is 8.11. The lowest BCUT2D eigenvalue weighted by Crippen LogP contribution is -2.32. The monoisotopic (exact) mass is 985 g/mol. The fraction of sp³-hybridized carbons (Fsp3) is 0.314. The van der Waals surface area contributed by atoms with Crippen LogP contribution in [-0.4, -0.2) is 14.1 Å². The number of para-hydroxylation sites is 3. The summed E-state index contributed by atoms with van der Waals surface area (Å²) in [4.78, 5) is 4.93. The first kappa shape index (κ1) is 48.7. The first-order chi connectivity index (χ1) is 35.4. The summed E-state index contributed by atoms with van der Waals surface area (Å²) in [6.07, 6.45) is 8.16. The number of pyridine rings is 1. The maximum absolute atomic E-state index is 6.88. The number of benzene rings is 7.